The van der Waals surface area contributed by atoms with Crippen molar-refractivity contribution in [2.45, 2.75) is 19.9 Å². The van der Waals surface area contributed by atoms with Gasteiger partial charge >= 0.3 is 0 Å². The standard InChI is InChI=1S/C15H17FN4O/c1-3-17-14-12(8-11(16)9-19-14)15(21)20-10(2)13-6-4-5-7-18-13/h4-10H,3H2,1-2H3,(H,17,19)(H,20,21). The Labute approximate surface area is 122 Å². The minimum atomic E-state index is -0.549. The average Bonchev–Trinajstić information content (AvgIpc) is 2.50. The molecule has 2 N–H and O–H groups in total. The van der Waals surface area contributed by atoms with Gasteiger partial charge in [-0.15, -0.1) is 0 Å². The Morgan fingerprint density at radius 3 is 2.86 bits per heavy atom. The maximum absolute atomic E-state index is 13.3. The molecule has 6 heteroatoms. The third-order valence-corrected chi connectivity index (χ3v) is 2.92. The van der Waals surface area contributed by atoms with Gasteiger partial charge in [0.1, 0.15) is 11.6 Å². The van der Waals surface area contributed by atoms with Crippen LogP contribution in [0.25, 0.3) is 0 Å². The number of amides is 1. The predicted molar refractivity (Wildman–Crippen MR) is 78.5 cm³/mol. The molecule has 0 aliphatic carbocycles. The fourth-order valence-electron chi connectivity index (χ4n) is 1.90. The normalized spacial score (nSPS) is 11.8. The molecule has 21 heavy (non-hydrogen) atoms. The van der Waals surface area contributed by atoms with Gasteiger partial charge in [-0.05, 0) is 32.0 Å². The van der Waals surface area contributed by atoms with Gasteiger partial charge in [0.15, 0.2) is 0 Å². The number of nitrogens with one attached hydrogen (secondary N) is 2. The topological polar surface area (TPSA) is 66.9 Å². The molecule has 0 aliphatic heterocycles. The highest BCUT2D eigenvalue weighted by Gasteiger charge is 2.17. The molecule has 0 aliphatic rings. The number of anilines is 1. The van der Waals surface area contributed by atoms with Crippen LogP contribution < -0.4 is 10.6 Å². The molecule has 1 atom stereocenters. The molecular formula is C15H17FN4O. The van der Waals surface area contributed by atoms with E-state index < -0.39 is 11.7 Å². The molecule has 0 saturated heterocycles. The van der Waals surface area contributed by atoms with Gasteiger partial charge in [0, 0.05) is 12.7 Å². The monoisotopic (exact) mass is 288 g/mol. The summed E-state index contributed by atoms with van der Waals surface area (Å²) in [5.41, 5.74) is 0.917. The number of carbonyl (C=O) groups is 1. The van der Waals surface area contributed by atoms with Gasteiger partial charge in [0.25, 0.3) is 5.91 Å². The lowest BCUT2D eigenvalue weighted by Crippen LogP contribution is -2.28. The van der Waals surface area contributed by atoms with E-state index in [0.717, 1.165) is 11.9 Å². The second kappa shape index (κ2) is 6.78. The summed E-state index contributed by atoms with van der Waals surface area (Å²) < 4.78 is 13.3. The summed E-state index contributed by atoms with van der Waals surface area (Å²) in [5, 5.41) is 5.73. The summed E-state index contributed by atoms with van der Waals surface area (Å²) in [6, 6.07) is 6.36. The number of aromatic nitrogens is 2. The highest BCUT2D eigenvalue weighted by molar-refractivity contribution is 5.98. The van der Waals surface area contributed by atoms with Crippen LogP contribution in [-0.2, 0) is 0 Å². The van der Waals surface area contributed by atoms with Crippen LogP contribution in [-0.4, -0.2) is 22.4 Å². The Bertz CT molecular complexity index is 618. The number of carbonyl (C=O) groups excluding carboxylic acids is 1. The number of nitrogens with zero attached hydrogens (tertiary/aromatic N) is 2. The molecule has 0 fully saturated rings. The molecule has 2 aromatic heterocycles. The van der Waals surface area contributed by atoms with Gasteiger partial charge in [-0.3, -0.25) is 9.78 Å². The van der Waals surface area contributed by atoms with Crippen LogP contribution in [0.3, 0.4) is 0 Å². The fraction of sp³-hybridized carbons (Fsp3) is 0.267. The molecule has 0 aromatic carbocycles. The zero-order valence-electron chi connectivity index (χ0n) is 11.9. The van der Waals surface area contributed by atoms with Crippen molar-refractivity contribution in [3.05, 3.63) is 53.7 Å². The lowest BCUT2D eigenvalue weighted by atomic mass is 10.1. The van der Waals surface area contributed by atoms with Gasteiger partial charge in [-0.25, -0.2) is 9.37 Å². The Hall–Kier alpha value is -2.50. The van der Waals surface area contributed by atoms with Crippen molar-refractivity contribution in [1.29, 1.82) is 0 Å². The van der Waals surface area contributed by atoms with Crippen LogP contribution in [0.5, 0.6) is 0 Å². The molecule has 2 rings (SSSR count). The van der Waals surface area contributed by atoms with Crippen LogP contribution >= 0.6 is 0 Å². The van der Waals surface area contributed by atoms with Crippen molar-refractivity contribution in [1.82, 2.24) is 15.3 Å². The van der Waals surface area contributed by atoms with Gasteiger partial charge in [-0.1, -0.05) is 6.07 Å². The second-order valence-electron chi connectivity index (χ2n) is 4.53. The zero-order valence-corrected chi connectivity index (χ0v) is 11.9. The number of hydrogen-bond donors (Lipinski definition) is 2. The Morgan fingerprint density at radius 1 is 1.38 bits per heavy atom. The average molecular weight is 288 g/mol. The largest absolute Gasteiger partial charge is 0.370 e. The third-order valence-electron chi connectivity index (χ3n) is 2.92. The van der Waals surface area contributed by atoms with Crippen LogP contribution in [0.2, 0.25) is 0 Å². The first-order valence-electron chi connectivity index (χ1n) is 6.73. The summed E-state index contributed by atoms with van der Waals surface area (Å²) >= 11 is 0. The molecule has 1 unspecified atom stereocenters. The van der Waals surface area contributed by atoms with Gasteiger partial charge < -0.3 is 10.6 Å². The van der Waals surface area contributed by atoms with Crippen molar-refractivity contribution < 1.29 is 9.18 Å². The number of hydrogen-bond acceptors (Lipinski definition) is 4. The van der Waals surface area contributed by atoms with Crippen molar-refractivity contribution in [3.8, 4) is 0 Å². The maximum Gasteiger partial charge on any atom is 0.255 e. The number of halogens is 1. The summed E-state index contributed by atoms with van der Waals surface area (Å²) in [6.07, 6.45) is 2.74. The summed E-state index contributed by atoms with van der Waals surface area (Å²) in [5.74, 6) is -0.576. The predicted octanol–water partition coefficient (Wildman–Crippen LogP) is 2.54. The highest BCUT2D eigenvalue weighted by Crippen LogP contribution is 2.16. The van der Waals surface area contributed by atoms with E-state index in [-0.39, 0.29) is 11.6 Å². The van der Waals surface area contributed by atoms with Gasteiger partial charge in [0.2, 0.25) is 0 Å². The molecule has 1 amide bonds. The van der Waals surface area contributed by atoms with E-state index in [4.69, 9.17) is 0 Å². The maximum atomic E-state index is 13.3. The second-order valence-corrected chi connectivity index (χ2v) is 4.53. The zero-order chi connectivity index (χ0) is 15.2. The van der Waals surface area contributed by atoms with E-state index in [2.05, 4.69) is 20.6 Å². The Balaban J connectivity index is 2.18. The van der Waals surface area contributed by atoms with E-state index in [1.807, 2.05) is 26.0 Å². The SMILES string of the molecule is CCNc1ncc(F)cc1C(=O)NC(C)c1ccccn1. The lowest BCUT2D eigenvalue weighted by Gasteiger charge is -2.15. The minimum Gasteiger partial charge on any atom is -0.370 e. The summed E-state index contributed by atoms with van der Waals surface area (Å²) in [4.78, 5) is 20.4. The van der Waals surface area contributed by atoms with E-state index in [9.17, 15) is 9.18 Å². The van der Waals surface area contributed by atoms with E-state index >= 15 is 0 Å². The van der Waals surface area contributed by atoms with Gasteiger partial charge in [0.05, 0.1) is 23.5 Å². The Kier molecular flexibility index (Phi) is 4.81. The summed E-state index contributed by atoms with van der Waals surface area (Å²) in [7, 11) is 0. The molecule has 2 heterocycles. The van der Waals surface area contributed by atoms with Crippen LogP contribution in [0.4, 0.5) is 10.2 Å². The highest BCUT2D eigenvalue weighted by atomic mass is 19.1. The van der Waals surface area contributed by atoms with Crippen molar-refractivity contribution in [2.24, 2.45) is 0 Å². The molecular weight excluding hydrogens is 271 g/mol. The third kappa shape index (κ3) is 3.75. The van der Waals surface area contributed by atoms with E-state index in [1.165, 1.54) is 6.07 Å². The van der Waals surface area contributed by atoms with E-state index in [1.54, 1.807) is 12.3 Å². The molecule has 0 saturated carbocycles. The first kappa shape index (κ1) is 14.9. The molecule has 0 bridgehead atoms. The quantitative estimate of drug-likeness (QED) is 0.887. The van der Waals surface area contributed by atoms with E-state index in [0.29, 0.717) is 12.4 Å². The molecule has 0 radical (unpaired) electrons. The van der Waals surface area contributed by atoms with Crippen molar-refractivity contribution in [3.63, 3.8) is 0 Å². The lowest BCUT2D eigenvalue weighted by molar-refractivity contribution is 0.0939. The summed E-state index contributed by atoms with van der Waals surface area (Å²) in [6.45, 7) is 4.29. The molecule has 110 valence electrons. The Morgan fingerprint density at radius 2 is 2.19 bits per heavy atom. The van der Waals surface area contributed by atoms with Crippen LogP contribution in [0.15, 0.2) is 36.7 Å². The first-order chi connectivity index (χ1) is 10.1. The molecule has 5 nitrogen and oxygen atoms in total. The number of pyridine rings is 2. The number of rotatable bonds is 5. The molecule has 0 spiro atoms. The van der Waals surface area contributed by atoms with Crippen molar-refractivity contribution >= 4 is 11.7 Å². The van der Waals surface area contributed by atoms with Gasteiger partial charge in [-0.2, -0.15) is 0 Å². The smallest absolute Gasteiger partial charge is 0.255 e. The minimum absolute atomic E-state index is 0.180. The van der Waals surface area contributed by atoms with Crippen LogP contribution in [0.1, 0.15) is 35.9 Å². The first-order valence-corrected chi connectivity index (χ1v) is 6.73. The van der Waals surface area contributed by atoms with Crippen LogP contribution in [0, 0.1) is 5.82 Å². The molecule has 2 aromatic rings. The van der Waals surface area contributed by atoms with Crippen molar-refractivity contribution in [2.75, 3.05) is 11.9 Å². The fourth-order valence-corrected chi connectivity index (χ4v) is 1.90.